The molecule has 2 saturated heterocycles. The topological polar surface area (TPSA) is 228 Å². The molecule has 2 fully saturated rings. The van der Waals surface area contributed by atoms with Crippen molar-refractivity contribution in [3.8, 4) is 0 Å². The van der Waals surface area contributed by atoms with E-state index in [9.17, 15) is 45.6 Å². The van der Waals surface area contributed by atoms with Crippen LogP contribution in [-0.2, 0) is 23.7 Å². The van der Waals surface area contributed by atoms with Gasteiger partial charge in [-0.1, -0.05) is 155 Å². The van der Waals surface area contributed by atoms with Crippen molar-refractivity contribution in [3.63, 3.8) is 0 Å². The summed E-state index contributed by atoms with van der Waals surface area (Å²) in [6.45, 7) is 2.58. The zero-order chi connectivity index (χ0) is 51.7. The Balaban J connectivity index is 1.88. The van der Waals surface area contributed by atoms with Crippen LogP contribution in [0.25, 0.3) is 0 Å². The van der Waals surface area contributed by atoms with E-state index >= 15 is 0 Å². The van der Waals surface area contributed by atoms with Crippen molar-refractivity contribution >= 4 is 5.91 Å². The molecule has 1 amide bonds. The van der Waals surface area contributed by atoms with Gasteiger partial charge >= 0.3 is 0 Å². The molecular formula is C57H93NO13. The van der Waals surface area contributed by atoms with Crippen LogP contribution in [-0.4, -0.2) is 140 Å². The van der Waals surface area contributed by atoms with E-state index in [4.69, 9.17) is 18.9 Å². The number of unbranched alkanes of at least 4 members (excludes halogenated alkanes) is 10. The highest BCUT2D eigenvalue weighted by Crippen LogP contribution is 2.30. The van der Waals surface area contributed by atoms with Gasteiger partial charge in [0.15, 0.2) is 12.6 Å². The maximum atomic E-state index is 13.2. The number of rotatable bonds is 39. The molecule has 2 aliphatic heterocycles. The van der Waals surface area contributed by atoms with Crippen molar-refractivity contribution < 1.29 is 64.6 Å². The molecular weight excluding hydrogens is 907 g/mol. The number of nitrogens with one attached hydrogen (secondary N) is 1. The van der Waals surface area contributed by atoms with E-state index in [-0.39, 0.29) is 18.9 Å². The second kappa shape index (κ2) is 42.1. The highest BCUT2D eigenvalue weighted by atomic mass is 16.7. The molecule has 0 aromatic heterocycles. The Morgan fingerprint density at radius 1 is 0.521 bits per heavy atom. The third kappa shape index (κ3) is 28.6. The lowest BCUT2D eigenvalue weighted by molar-refractivity contribution is -0.359. The highest BCUT2D eigenvalue weighted by Gasteiger charge is 2.51. The SMILES string of the molecule is CC/C=C\C/C=C\C/C=C\C/C=C\C/C=C\C/C=C\CCCCC(=O)NC(COC1OC(CO)C(OC2OC(CO)C(O)C(O)C2O)C(O)C1O)C(O)/C=C/CC/C=C/CC/C=C/CCCCCCCC. The summed E-state index contributed by atoms with van der Waals surface area (Å²) < 4.78 is 22.7. The summed E-state index contributed by atoms with van der Waals surface area (Å²) in [7, 11) is 0. The molecule has 0 bridgehead atoms. The predicted molar refractivity (Wildman–Crippen MR) is 281 cm³/mol. The van der Waals surface area contributed by atoms with Crippen LogP contribution < -0.4 is 5.32 Å². The third-order valence-electron chi connectivity index (χ3n) is 12.2. The summed E-state index contributed by atoms with van der Waals surface area (Å²) in [5, 5.41) is 86.8. The summed E-state index contributed by atoms with van der Waals surface area (Å²) in [6.07, 6.45) is 41.2. The summed E-state index contributed by atoms with van der Waals surface area (Å²) >= 11 is 0. The van der Waals surface area contributed by atoms with E-state index < -0.39 is 86.8 Å². The van der Waals surface area contributed by atoms with Gasteiger partial charge in [0.05, 0.1) is 32.0 Å². The molecule has 12 unspecified atom stereocenters. The first-order valence-corrected chi connectivity index (χ1v) is 26.6. The molecule has 71 heavy (non-hydrogen) atoms. The molecule has 12 atom stereocenters. The van der Waals surface area contributed by atoms with Crippen LogP contribution in [0, 0.1) is 0 Å². The summed E-state index contributed by atoms with van der Waals surface area (Å²) in [5.74, 6) is -0.302. The molecule has 9 N–H and O–H groups in total. The summed E-state index contributed by atoms with van der Waals surface area (Å²) in [6, 6.07) is -0.968. The Hall–Kier alpha value is -3.35. The van der Waals surface area contributed by atoms with Crippen LogP contribution in [0.1, 0.15) is 149 Å². The first-order valence-electron chi connectivity index (χ1n) is 26.6. The first-order chi connectivity index (χ1) is 34.6. The van der Waals surface area contributed by atoms with Crippen LogP contribution in [0.2, 0.25) is 0 Å². The molecule has 14 nitrogen and oxygen atoms in total. The average Bonchev–Trinajstić information content (AvgIpc) is 3.37. The molecule has 2 rings (SSSR count). The Bertz CT molecular complexity index is 1600. The first kappa shape index (κ1) is 63.8. The van der Waals surface area contributed by atoms with Crippen molar-refractivity contribution in [3.05, 3.63) is 109 Å². The monoisotopic (exact) mass is 1000 g/mol. The minimum absolute atomic E-state index is 0.208. The molecule has 0 spiro atoms. The van der Waals surface area contributed by atoms with E-state index in [1.54, 1.807) is 6.08 Å². The number of aliphatic hydroxyl groups excluding tert-OH is 8. The van der Waals surface area contributed by atoms with Gasteiger partial charge in [0.1, 0.15) is 48.8 Å². The van der Waals surface area contributed by atoms with Gasteiger partial charge in [-0.05, 0) is 96.3 Å². The number of carbonyl (C=O) groups is 1. The lowest BCUT2D eigenvalue weighted by atomic mass is 9.97. The van der Waals surface area contributed by atoms with Crippen molar-refractivity contribution in [1.29, 1.82) is 0 Å². The fraction of sp³-hybridized carbons (Fsp3) is 0.667. The van der Waals surface area contributed by atoms with Gasteiger partial charge in [0, 0.05) is 6.42 Å². The molecule has 0 saturated carbocycles. The van der Waals surface area contributed by atoms with E-state index in [1.807, 2.05) is 6.08 Å². The normalized spacial score (nSPS) is 26.7. The van der Waals surface area contributed by atoms with Crippen LogP contribution >= 0.6 is 0 Å². The minimum Gasteiger partial charge on any atom is -0.394 e. The Labute approximate surface area is 425 Å². The number of ether oxygens (including phenoxy) is 4. The van der Waals surface area contributed by atoms with Gasteiger partial charge in [0.2, 0.25) is 5.91 Å². The standard InChI is InChI=1S/C57H93NO13/c1-3-5-7-9-11-13-15-17-19-21-22-23-24-25-27-29-31-33-35-37-39-41-49(62)58-45(46(61)40-38-36-34-32-30-28-26-20-18-16-14-12-10-8-6-4-2)44-68-56-54(67)52(65)55(48(43-60)70-56)71-57-53(66)51(64)50(63)47(42-59)69-57/h5,7,11,13,17-20,22-23,25,27,30-33,38,40,45-48,50-57,59-61,63-67H,3-4,6,8-10,12,14-16,21,24,26,28-29,34-37,39,41-44H2,1-2H3,(H,58,62)/b7-5-,13-11-,19-17-,20-18+,23-22-,27-25-,32-30+,33-31-,40-38+. The van der Waals surface area contributed by atoms with E-state index in [1.165, 1.54) is 38.5 Å². The maximum Gasteiger partial charge on any atom is 0.220 e. The second-order valence-electron chi connectivity index (χ2n) is 18.2. The van der Waals surface area contributed by atoms with E-state index in [0.29, 0.717) is 12.8 Å². The van der Waals surface area contributed by atoms with Crippen LogP contribution in [0.5, 0.6) is 0 Å². The number of allylic oxidation sites excluding steroid dienone is 17. The summed E-state index contributed by atoms with van der Waals surface area (Å²) in [4.78, 5) is 13.2. The van der Waals surface area contributed by atoms with Crippen molar-refractivity contribution in [2.24, 2.45) is 0 Å². The van der Waals surface area contributed by atoms with Gasteiger partial charge in [-0.2, -0.15) is 0 Å². The predicted octanol–water partition coefficient (Wildman–Crippen LogP) is 7.71. The van der Waals surface area contributed by atoms with Crippen LogP contribution in [0.3, 0.4) is 0 Å². The smallest absolute Gasteiger partial charge is 0.220 e. The second-order valence-corrected chi connectivity index (χ2v) is 18.2. The minimum atomic E-state index is -1.80. The van der Waals surface area contributed by atoms with Crippen molar-refractivity contribution in [2.75, 3.05) is 19.8 Å². The van der Waals surface area contributed by atoms with Gasteiger partial charge in [-0.25, -0.2) is 0 Å². The molecule has 0 radical (unpaired) electrons. The number of amides is 1. The molecule has 0 aliphatic carbocycles. The zero-order valence-corrected chi connectivity index (χ0v) is 42.9. The highest BCUT2D eigenvalue weighted by molar-refractivity contribution is 5.76. The fourth-order valence-corrected chi connectivity index (χ4v) is 7.85. The number of aliphatic hydroxyl groups is 8. The van der Waals surface area contributed by atoms with Gasteiger partial charge in [0.25, 0.3) is 0 Å². The number of hydrogen-bond donors (Lipinski definition) is 9. The van der Waals surface area contributed by atoms with Crippen molar-refractivity contribution in [2.45, 2.75) is 222 Å². The van der Waals surface area contributed by atoms with Gasteiger partial charge in [-0.15, -0.1) is 0 Å². The lowest BCUT2D eigenvalue weighted by Crippen LogP contribution is -2.65. The fourth-order valence-electron chi connectivity index (χ4n) is 7.85. The molecule has 2 heterocycles. The molecule has 0 aromatic rings. The average molecular weight is 1000 g/mol. The quantitative estimate of drug-likeness (QED) is 0.0213. The largest absolute Gasteiger partial charge is 0.394 e. The Kier molecular flexibility index (Phi) is 37.8. The Morgan fingerprint density at radius 3 is 1.55 bits per heavy atom. The molecule has 14 heteroatoms. The van der Waals surface area contributed by atoms with Gasteiger partial charge in [-0.3, -0.25) is 4.79 Å². The summed E-state index contributed by atoms with van der Waals surface area (Å²) in [5.41, 5.74) is 0. The molecule has 2 aliphatic rings. The van der Waals surface area contributed by atoms with Crippen molar-refractivity contribution in [1.82, 2.24) is 5.32 Å². The zero-order valence-electron chi connectivity index (χ0n) is 42.9. The van der Waals surface area contributed by atoms with Crippen LogP contribution in [0.15, 0.2) is 109 Å². The lowest BCUT2D eigenvalue weighted by Gasteiger charge is -2.46. The number of carbonyl (C=O) groups excluding carboxylic acids is 1. The van der Waals surface area contributed by atoms with Gasteiger partial charge < -0.3 is 65.1 Å². The van der Waals surface area contributed by atoms with Crippen LogP contribution in [0.4, 0.5) is 0 Å². The maximum absolute atomic E-state index is 13.2. The number of hydrogen-bond acceptors (Lipinski definition) is 13. The van der Waals surface area contributed by atoms with E-state index in [0.717, 1.165) is 77.0 Å². The van der Waals surface area contributed by atoms with E-state index in [2.05, 4.69) is 116 Å². The Morgan fingerprint density at radius 2 is 0.986 bits per heavy atom. The molecule has 0 aromatic carbocycles. The molecule has 404 valence electrons. The third-order valence-corrected chi connectivity index (χ3v) is 12.2.